The summed E-state index contributed by atoms with van der Waals surface area (Å²) in [5.74, 6) is 0. The maximum atomic E-state index is 6.01. The van der Waals surface area contributed by atoms with Gasteiger partial charge in [-0.05, 0) is 54.4 Å². The summed E-state index contributed by atoms with van der Waals surface area (Å²) in [6.45, 7) is 4.12. The van der Waals surface area contributed by atoms with Gasteiger partial charge >= 0.3 is 0 Å². The maximum Gasteiger partial charge on any atom is 0.245 e. The molecule has 0 fully saturated rings. The molecule has 1 unspecified atom stereocenters. The zero-order valence-electron chi connectivity index (χ0n) is 14.9. The van der Waals surface area contributed by atoms with E-state index >= 15 is 0 Å². The highest BCUT2D eigenvalue weighted by Gasteiger charge is 2.22. The van der Waals surface area contributed by atoms with Crippen molar-refractivity contribution in [3.8, 4) is 0 Å². The van der Waals surface area contributed by atoms with Gasteiger partial charge < -0.3 is 14.8 Å². The highest BCUT2D eigenvalue weighted by Crippen LogP contribution is 2.38. The van der Waals surface area contributed by atoms with Crippen LogP contribution in [0.25, 0.3) is 5.57 Å². The first-order chi connectivity index (χ1) is 12.8. The Morgan fingerprint density at radius 1 is 1.15 bits per heavy atom. The van der Waals surface area contributed by atoms with Crippen LogP contribution >= 0.6 is 11.8 Å². The van der Waals surface area contributed by atoms with E-state index in [1.54, 1.807) is 18.0 Å². The summed E-state index contributed by atoms with van der Waals surface area (Å²) in [7, 11) is 0. The Labute approximate surface area is 159 Å². The van der Waals surface area contributed by atoms with E-state index in [0.717, 1.165) is 31.0 Å². The molecule has 1 atom stereocenters. The third-order valence-electron chi connectivity index (χ3n) is 4.56. The SMILES string of the molecule is Cc1ccc(SC2=COC(Cc3ccccc3)O2)c(C2=CCNCC2)c1. The Balaban J connectivity index is 1.45. The summed E-state index contributed by atoms with van der Waals surface area (Å²) in [6.07, 6.45) is 5.61. The second-order valence-corrected chi connectivity index (χ2v) is 7.64. The molecule has 0 amide bonds. The molecule has 2 aromatic rings. The van der Waals surface area contributed by atoms with E-state index < -0.39 is 0 Å². The maximum absolute atomic E-state index is 6.01. The van der Waals surface area contributed by atoms with Crippen molar-refractivity contribution >= 4 is 17.3 Å². The number of thioether (sulfide) groups is 1. The average molecular weight is 365 g/mol. The summed E-state index contributed by atoms with van der Waals surface area (Å²) < 4.78 is 11.7. The standard InChI is InChI=1S/C22H23NO2S/c1-16-7-8-20(19(13-16)18-9-11-23-12-10-18)26-22-15-24-21(25-22)14-17-5-3-2-4-6-17/h2-9,13,15,21,23H,10-12,14H2,1H3. The Morgan fingerprint density at radius 3 is 2.85 bits per heavy atom. The number of nitrogens with one attached hydrogen (secondary N) is 1. The van der Waals surface area contributed by atoms with Gasteiger partial charge in [-0.15, -0.1) is 0 Å². The normalized spacial score (nSPS) is 19.3. The third-order valence-corrected chi connectivity index (χ3v) is 5.53. The smallest absolute Gasteiger partial charge is 0.245 e. The van der Waals surface area contributed by atoms with Gasteiger partial charge in [-0.25, -0.2) is 0 Å². The van der Waals surface area contributed by atoms with Gasteiger partial charge in [0.05, 0.1) is 0 Å². The molecule has 0 bridgehead atoms. The largest absolute Gasteiger partial charge is 0.458 e. The van der Waals surface area contributed by atoms with Gasteiger partial charge in [-0.2, -0.15) is 0 Å². The van der Waals surface area contributed by atoms with Crippen molar-refractivity contribution < 1.29 is 9.47 Å². The number of rotatable bonds is 5. The lowest BCUT2D eigenvalue weighted by Crippen LogP contribution is -2.20. The van der Waals surface area contributed by atoms with Crippen LogP contribution in [0, 0.1) is 6.92 Å². The van der Waals surface area contributed by atoms with Crippen molar-refractivity contribution in [2.24, 2.45) is 0 Å². The van der Waals surface area contributed by atoms with Crippen molar-refractivity contribution in [3.05, 3.63) is 82.7 Å². The zero-order chi connectivity index (χ0) is 17.8. The Bertz CT molecular complexity index is 829. The molecule has 0 saturated heterocycles. The van der Waals surface area contributed by atoms with Crippen molar-refractivity contribution in [3.63, 3.8) is 0 Å². The van der Waals surface area contributed by atoms with Crippen LogP contribution < -0.4 is 5.32 Å². The molecular weight excluding hydrogens is 342 g/mol. The van der Waals surface area contributed by atoms with Crippen LogP contribution in [0.1, 0.15) is 23.1 Å². The molecule has 0 saturated carbocycles. The number of ether oxygens (including phenoxy) is 2. The molecule has 1 N–H and O–H groups in total. The number of hydrogen-bond acceptors (Lipinski definition) is 4. The lowest BCUT2D eigenvalue weighted by Gasteiger charge is -2.18. The molecule has 0 aliphatic carbocycles. The predicted octanol–water partition coefficient (Wildman–Crippen LogP) is 4.88. The quantitative estimate of drug-likeness (QED) is 0.818. The van der Waals surface area contributed by atoms with Gasteiger partial charge in [0.1, 0.15) is 6.26 Å². The van der Waals surface area contributed by atoms with E-state index in [9.17, 15) is 0 Å². The van der Waals surface area contributed by atoms with Crippen LogP contribution in [0.5, 0.6) is 0 Å². The van der Waals surface area contributed by atoms with E-state index in [0.29, 0.717) is 0 Å². The number of benzene rings is 2. The molecule has 2 aromatic carbocycles. The molecule has 4 rings (SSSR count). The molecule has 2 aliphatic rings. The molecular formula is C22H23NO2S. The van der Waals surface area contributed by atoms with Crippen molar-refractivity contribution in [1.82, 2.24) is 5.32 Å². The van der Waals surface area contributed by atoms with E-state index in [1.807, 2.05) is 18.2 Å². The van der Waals surface area contributed by atoms with Crippen molar-refractivity contribution in [2.75, 3.05) is 13.1 Å². The third kappa shape index (κ3) is 4.14. The fraction of sp³-hybridized carbons (Fsp3) is 0.273. The fourth-order valence-corrected chi connectivity index (χ4v) is 4.13. The monoisotopic (exact) mass is 365 g/mol. The summed E-state index contributed by atoms with van der Waals surface area (Å²) in [6, 6.07) is 16.9. The minimum Gasteiger partial charge on any atom is -0.458 e. The van der Waals surface area contributed by atoms with E-state index in [2.05, 4.69) is 48.6 Å². The number of hydrogen-bond donors (Lipinski definition) is 1. The first-order valence-electron chi connectivity index (χ1n) is 9.03. The van der Waals surface area contributed by atoms with E-state index in [1.165, 1.54) is 27.2 Å². The second-order valence-electron chi connectivity index (χ2n) is 6.60. The Morgan fingerprint density at radius 2 is 2.04 bits per heavy atom. The van der Waals surface area contributed by atoms with Crippen LogP contribution in [0.3, 0.4) is 0 Å². The van der Waals surface area contributed by atoms with Crippen molar-refractivity contribution in [1.29, 1.82) is 0 Å². The van der Waals surface area contributed by atoms with E-state index in [4.69, 9.17) is 9.47 Å². The van der Waals surface area contributed by atoms with Crippen LogP contribution in [0.15, 0.2) is 70.9 Å². The van der Waals surface area contributed by atoms with Gasteiger partial charge in [0.15, 0.2) is 5.09 Å². The van der Waals surface area contributed by atoms with Gasteiger partial charge in [-0.3, -0.25) is 0 Å². The molecule has 2 heterocycles. The summed E-state index contributed by atoms with van der Waals surface area (Å²) in [5.41, 5.74) is 5.22. The van der Waals surface area contributed by atoms with Crippen LogP contribution in [-0.2, 0) is 15.9 Å². The highest BCUT2D eigenvalue weighted by molar-refractivity contribution is 8.03. The van der Waals surface area contributed by atoms with Crippen molar-refractivity contribution in [2.45, 2.75) is 31.0 Å². The molecule has 26 heavy (non-hydrogen) atoms. The highest BCUT2D eigenvalue weighted by atomic mass is 32.2. The zero-order valence-corrected chi connectivity index (χ0v) is 15.7. The molecule has 0 radical (unpaired) electrons. The van der Waals surface area contributed by atoms with Crippen LogP contribution in [0.4, 0.5) is 0 Å². The Hall–Kier alpha value is -2.17. The molecule has 0 spiro atoms. The molecule has 0 aromatic heterocycles. The topological polar surface area (TPSA) is 30.5 Å². The fourth-order valence-electron chi connectivity index (χ4n) is 3.22. The van der Waals surface area contributed by atoms with Gasteiger partial charge in [0, 0.05) is 17.9 Å². The predicted molar refractivity (Wildman–Crippen MR) is 107 cm³/mol. The molecule has 3 nitrogen and oxygen atoms in total. The van der Waals surface area contributed by atoms with Gasteiger partial charge in [0.2, 0.25) is 6.29 Å². The first-order valence-corrected chi connectivity index (χ1v) is 9.84. The number of aryl methyl sites for hydroxylation is 1. The van der Waals surface area contributed by atoms with Crippen LogP contribution in [-0.4, -0.2) is 19.4 Å². The van der Waals surface area contributed by atoms with Gasteiger partial charge in [-0.1, -0.05) is 54.1 Å². The summed E-state index contributed by atoms with van der Waals surface area (Å²) in [4.78, 5) is 1.22. The first kappa shape index (κ1) is 17.3. The molecule has 4 heteroatoms. The lowest BCUT2D eigenvalue weighted by molar-refractivity contribution is -0.0235. The summed E-state index contributed by atoms with van der Waals surface area (Å²) >= 11 is 1.65. The second kappa shape index (κ2) is 8.02. The molecule has 134 valence electrons. The van der Waals surface area contributed by atoms with Gasteiger partial charge in [0.25, 0.3) is 0 Å². The van der Waals surface area contributed by atoms with Crippen LogP contribution in [0.2, 0.25) is 0 Å². The molecule has 2 aliphatic heterocycles. The minimum absolute atomic E-state index is 0.244. The summed E-state index contributed by atoms with van der Waals surface area (Å²) in [5, 5.41) is 4.21. The lowest BCUT2D eigenvalue weighted by atomic mass is 9.99. The average Bonchev–Trinajstić information content (AvgIpc) is 3.11. The minimum atomic E-state index is -0.244. The Kier molecular flexibility index (Phi) is 5.32. The van der Waals surface area contributed by atoms with E-state index in [-0.39, 0.29) is 6.29 Å².